The van der Waals surface area contributed by atoms with Crippen LogP contribution in [0.3, 0.4) is 0 Å². The SMILES string of the molecule is CC(C)CC(N)C(=O)NCc1ccccc1F. The van der Waals surface area contributed by atoms with Gasteiger partial charge >= 0.3 is 0 Å². The summed E-state index contributed by atoms with van der Waals surface area (Å²) in [7, 11) is 0. The number of rotatable bonds is 5. The van der Waals surface area contributed by atoms with E-state index in [1.807, 2.05) is 13.8 Å². The second-order valence-electron chi connectivity index (χ2n) is 4.55. The first kappa shape index (κ1) is 13.6. The maximum Gasteiger partial charge on any atom is 0.237 e. The van der Waals surface area contributed by atoms with Crippen LogP contribution < -0.4 is 11.1 Å². The van der Waals surface area contributed by atoms with Crippen LogP contribution in [0.1, 0.15) is 25.8 Å². The summed E-state index contributed by atoms with van der Waals surface area (Å²) in [5, 5.41) is 2.64. The minimum atomic E-state index is -0.526. The number of carbonyl (C=O) groups excluding carboxylic acids is 1. The quantitative estimate of drug-likeness (QED) is 0.822. The highest BCUT2D eigenvalue weighted by atomic mass is 19.1. The van der Waals surface area contributed by atoms with Crippen LogP contribution in [-0.2, 0) is 11.3 Å². The van der Waals surface area contributed by atoms with Gasteiger partial charge in [0.15, 0.2) is 0 Å². The van der Waals surface area contributed by atoms with E-state index < -0.39 is 6.04 Å². The fourth-order valence-corrected chi connectivity index (χ4v) is 1.57. The van der Waals surface area contributed by atoms with Crippen molar-refractivity contribution >= 4 is 5.91 Å². The van der Waals surface area contributed by atoms with Gasteiger partial charge in [-0.2, -0.15) is 0 Å². The molecular weight excluding hydrogens is 219 g/mol. The van der Waals surface area contributed by atoms with Crippen LogP contribution in [0, 0.1) is 11.7 Å². The van der Waals surface area contributed by atoms with E-state index in [4.69, 9.17) is 5.73 Å². The molecule has 3 nitrogen and oxygen atoms in total. The first-order chi connectivity index (χ1) is 8.00. The Morgan fingerprint density at radius 1 is 1.41 bits per heavy atom. The molecule has 1 aromatic carbocycles. The van der Waals surface area contributed by atoms with Crippen LogP contribution in [0.2, 0.25) is 0 Å². The molecule has 1 rings (SSSR count). The van der Waals surface area contributed by atoms with E-state index in [0.717, 1.165) is 0 Å². The Morgan fingerprint density at radius 3 is 2.65 bits per heavy atom. The highest BCUT2D eigenvalue weighted by Gasteiger charge is 2.14. The molecule has 1 aromatic rings. The van der Waals surface area contributed by atoms with Crippen LogP contribution in [0.25, 0.3) is 0 Å². The normalized spacial score (nSPS) is 12.5. The zero-order chi connectivity index (χ0) is 12.8. The van der Waals surface area contributed by atoms with Crippen molar-refractivity contribution in [2.45, 2.75) is 32.9 Å². The number of nitrogens with two attached hydrogens (primary N) is 1. The van der Waals surface area contributed by atoms with Crippen molar-refractivity contribution in [1.82, 2.24) is 5.32 Å². The van der Waals surface area contributed by atoms with Crippen LogP contribution in [0.4, 0.5) is 4.39 Å². The molecule has 0 radical (unpaired) electrons. The molecule has 17 heavy (non-hydrogen) atoms. The summed E-state index contributed by atoms with van der Waals surface area (Å²) >= 11 is 0. The zero-order valence-electron chi connectivity index (χ0n) is 10.2. The summed E-state index contributed by atoms with van der Waals surface area (Å²) in [5.74, 6) is -0.184. The van der Waals surface area contributed by atoms with Crippen molar-refractivity contribution in [2.75, 3.05) is 0 Å². The summed E-state index contributed by atoms with van der Waals surface area (Å²) in [5.41, 5.74) is 6.18. The molecule has 3 N–H and O–H groups in total. The van der Waals surface area contributed by atoms with E-state index in [1.165, 1.54) is 6.07 Å². The maximum atomic E-state index is 13.3. The third kappa shape index (κ3) is 4.53. The first-order valence-corrected chi connectivity index (χ1v) is 5.77. The highest BCUT2D eigenvalue weighted by molar-refractivity contribution is 5.81. The molecule has 0 fully saturated rings. The van der Waals surface area contributed by atoms with Crippen molar-refractivity contribution in [3.8, 4) is 0 Å². The zero-order valence-corrected chi connectivity index (χ0v) is 10.2. The van der Waals surface area contributed by atoms with E-state index in [1.54, 1.807) is 18.2 Å². The lowest BCUT2D eigenvalue weighted by atomic mass is 10.0. The van der Waals surface area contributed by atoms with Gasteiger partial charge in [-0.1, -0.05) is 32.0 Å². The van der Waals surface area contributed by atoms with E-state index in [2.05, 4.69) is 5.32 Å². The first-order valence-electron chi connectivity index (χ1n) is 5.77. The molecular formula is C13H19FN2O. The lowest BCUT2D eigenvalue weighted by molar-refractivity contribution is -0.122. The van der Waals surface area contributed by atoms with E-state index in [0.29, 0.717) is 17.9 Å². The summed E-state index contributed by atoms with van der Waals surface area (Å²) < 4.78 is 13.3. The predicted octanol–water partition coefficient (Wildman–Crippen LogP) is 1.82. The fourth-order valence-electron chi connectivity index (χ4n) is 1.57. The highest BCUT2D eigenvalue weighted by Crippen LogP contribution is 2.06. The molecule has 94 valence electrons. The lowest BCUT2D eigenvalue weighted by Gasteiger charge is -2.14. The van der Waals surface area contributed by atoms with Crippen molar-refractivity contribution in [3.63, 3.8) is 0 Å². The topological polar surface area (TPSA) is 55.1 Å². The van der Waals surface area contributed by atoms with E-state index in [-0.39, 0.29) is 18.3 Å². The molecule has 0 saturated carbocycles. The largest absolute Gasteiger partial charge is 0.351 e. The Kier molecular flexibility index (Phi) is 5.10. The van der Waals surface area contributed by atoms with Gasteiger partial charge in [0.05, 0.1) is 6.04 Å². The van der Waals surface area contributed by atoms with Crippen molar-refractivity contribution in [3.05, 3.63) is 35.6 Å². The van der Waals surface area contributed by atoms with Crippen LogP contribution >= 0.6 is 0 Å². The molecule has 0 aliphatic rings. The number of nitrogens with one attached hydrogen (secondary N) is 1. The van der Waals surface area contributed by atoms with Gasteiger partial charge in [-0.15, -0.1) is 0 Å². The number of hydrogen-bond donors (Lipinski definition) is 2. The second kappa shape index (κ2) is 6.35. The average Bonchev–Trinajstić information content (AvgIpc) is 2.26. The maximum absolute atomic E-state index is 13.3. The summed E-state index contributed by atoms with van der Waals surface area (Å²) in [6, 6.07) is 5.84. The average molecular weight is 238 g/mol. The molecule has 0 bridgehead atoms. The predicted molar refractivity (Wildman–Crippen MR) is 65.7 cm³/mol. The smallest absolute Gasteiger partial charge is 0.237 e. The number of carbonyl (C=O) groups is 1. The summed E-state index contributed by atoms with van der Waals surface area (Å²) in [4.78, 5) is 11.6. The molecule has 0 aromatic heterocycles. The Hall–Kier alpha value is -1.42. The standard InChI is InChI=1S/C13H19FN2O/c1-9(2)7-12(15)13(17)16-8-10-5-3-4-6-11(10)14/h3-6,9,12H,7-8,15H2,1-2H3,(H,16,17). The fraction of sp³-hybridized carbons (Fsp3) is 0.462. The number of amides is 1. The monoisotopic (exact) mass is 238 g/mol. The summed E-state index contributed by atoms with van der Waals surface area (Å²) in [6.07, 6.45) is 0.628. The third-order valence-electron chi connectivity index (χ3n) is 2.47. The molecule has 0 heterocycles. The molecule has 1 atom stereocenters. The summed E-state index contributed by atoms with van der Waals surface area (Å²) in [6.45, 7) is 4.19. The molecule has 4 heteroatoms. The van der Waals surface area contributed by atoms with Crippen LogP contribution in [0.15, 0.2) is 24.3 Å². The Morgan fingerprint density at radius 2 is 2.06 bits per heavy atom. The van der Waals surface area contributed by atoms with Gasteiger partial charge in [-0.25, -0.2) is 4.39 Å². The van der Waals surface area contributed by atoms with E-state index in [9.17, 15) is 9.18 Å². The van der Waals surface area contributed by atoms with Gasteiger partial charge in [-0.3, -0.25) is 4.79 Å². The van der Waals surface area contributed by atoms with Crippen LogP contribution in [0.5, 0.6) is 0 Å². The molecule has 0 aliphatic heterocycles. The van der Waals surface area contributed by atoms with Gasteiger partial charge in [0, 0.05) is 12.1 Å². The van der Waals surface area contributed by atoms with Gasteiger partial charge in [0.1, 0.15) is 5.82 Å². The minimum Gasteiger partial charge on any atom is -0.351 e. The lowest BCUT2D eigenvalue weighted by Crippen LogP contribution is -2.41. The minimum absolute atomic E-state index is 0.178. The Labute approximate surface area is 101 Å². The van der Waals surface area contributed by atoms with Crippen molar-refractivity contribution in [2.24, 2.45) is 11.7 Å². The number of hydrogen-bond acceptors (Lipinski definition) is 2. The molecule has 0 spiro atoms. The van der Waals surface area contributed by atoms with Gasteiger partial charge in [0.25, 0.3) is 0 Å². The Bertz CT molecular complexity index is 379. The van der Waals surface area contributed by atoms with Crippen molar-refractivity contribution < 1.29 is 9.18 Å². The molecule has 1 unspecified atom stereocenters. The molecule has 1 amide bonds. The number of halogens is 1. The van der Waals surface area contributed by atoms with Gasteiger partial charge < -0.3 is 11.1 Å². The Balaban J connectivity index is 2.46. The second-order valence-corrected chi connectivity index (χ2v) is 4.55. The van der Waals surface area contributed by atoms with Gasteiger partial charge in [-0.05, 0) is 18.4 Å². The molecule has 0 aliphatic carbocycles. The molecule has 0 saturated heterocycles. The number of benzene rings is 1. The van der Waals surface area contributed by atoms with Crippen LogP contribution in [-0.4, -0.2) is 11.9 Å². The van der Waals surface area contributed by atoms with Crippen molar-refractivity contribution in [1.29, 1.82) is 0 Å². The van der Waals surface area contributed by atoms with Gasteiger partial charge in [0.2, 0.25) is 5.91 Å². The van der Waals surface area contributed by atoms with E-state index >= 15 is 0 Å². The third-order valence-corrected chi connectivity index (χ3v) is 2.47.